The van der Waals surface area contributed by atoms with Crippen molar-refractivity contribution in [1.82, 2.24) is 0 Å². The largest absolute Gasteiger partial charge is 0.495 e. The average molecular weight is 236 g/mol. The minimum absolute atomic E-state index is 0.0381. The molecule has 0 unspecified atom stereocenters. The van der Waals surface area contributed by atoms with Gasteiger partial charge in [-0.2, -0.15) is 0 Å². The zero-order chi connectivity index (χ0) is 13.1. The molecular weight excluding hydrogens is 216 g/mol. The highest BCUT2D eigenvalue weighted by molar-refractivity contribution is 5.96. The van der Waals surface area contributed by atoms with Gasteiger partial charge in [0.25, 0.3) is 0 Å². The number of anilines is 2. The van der Waals surface area contributed by atoms with Gasteiger partial charge in [0.15, 0.2) is 0 Å². The Bertz CT molecular complexity index is 414. The highest BCUT2D eigenvalue weighted by atomic mass is 16.5. The molecule has 1 rings (SSSR count). The first-order valence-electron chi connectivity index (χ1n) is 5.65. The van der Waals surface area contributed by atoms with Gasteiger partial charge in [0.1, 0.15) is 5.75 Å². The van der Waals surface area contributed by atoms with Crippen LogP contribution in [0.1, 0.15) is 27.2 Å². The van der Waals surface area contributed by atoms with Crippen molar-refractivity contribution >= 4 is 17.3 Å². The number of nitrogen functional groups attached to an aromatic ring is 1. The number of carbonyl (C=O) groups excluding carboxylic acids is 1. The van der Waals surface area contributed by atoms with Crippen LogP contribution in [0.4, 0.5) is 11.4 Å². The van der Waals surface area contributed by atoms with Gasteiger partial charge in [-0.25, -0.2) is 0 Å². The normalized spacial score (nSPS) is 11.1. The fourth-order valence-corrected chi connectivity index (χ4v) is 1.28. The molecule has 4 nitrogen and oxygen atoms in total. The summed E-state index contributed by atoms with van der Waals surface area (Å²) in [4.78, 5) is 12.0. The van der Waals surface area contributed by atoms with E-state index in [9.17, 15) is 4.79 Å². The summed E-state index contributed by atoms with van der Waals surface area (Å²) in [6.45, 7) is 5.79. The van der Waals surface area contributed by atoms with Crippen molar-refractivity contribution in [2.24, 2.45) is 5.41 Å². The SMILES string of the molecule is CCC(C)(C)C(=O)Nc1cc(N)ccc1OC. The van der Waals surface area contributed by atoms with Crippen molar-refractivity contribution in [3.8, 4) is 5.75 Å². The molecule has 0 fully saturated rings. The summed E-state index contributed by atoms with van der Waals surface area (Å²) in [7, 11) is 1.56. The lowest BCUT2D eigenvalue weighted by atomic mass is 9.89. The Balaban J connectivity index is 2.95. The Morgan fingerprint density at radius 1 is 1.47 bits per heavy atom. The van der Waals surface area contributed by atoms with E-state index in [-0.39, 0.29) is 5.91 Å². The molecule has 0 aliphatic rings. The Labute approximate surface area is 102 Å². The number of nitrogens with two attached hydrogens (primary N) is 1. The number of rotatable bonds is 4. The topological polar surface area (TPSA) is 64.4 Å². The molecule has 4 heteroatoms. The van der Waals surface area contributed by atoms with Gasteiger partial charge in [0.2, 0.25) is 5.91 Å². The molecule has 0 bridgehead atoms. The minimum Gasteiger partial charge on any atom is -0.495 e. The monoisotopic (exact) mass is 236 g/mol. The molecule has 1 amide bonds. The van der Waals surface area contributed by atoms with Crippen LogP contribution in [-0.2, 0) is 4.79 Å². The summed E-state index contributed by atoms with van der Waals surface area (Å²) >= 11 is 0. The standard InChI is InChI=1S/C13H20N2O2/c1-5-13(2,3)12(16)15-10-8-9(14)6-7-11(10)17-4/h6-8H,5,14H2,1-4H3,(H,15,16). The first kappa shape index (κ1) is 13.4. The van der Waals surface area contributed by atoms with E-state index in [2.05, 4.69) is 5.32 Å². The first-order valence-corrected chi connectivity index (χ1v) is 5.65. The number of benzene rings is 1. The van der Waals surface area contributed by atoms with E-state index in [1.165, 1.54) is 0 Å². The lowest BCUT2D eigenvalue weighted by Crippen LogP contribution is -2.30. The number of methoxy groups -OCH3 is 1. The summed E-state index contributed by atoms with van der Waals surface area (Å²) < 4.78 is 5.18. The lowest BCUT2D eigenvalue weighted by Gasteiger charge is -2.22. The molecule has 94 valence electrons. The lowest BCUT2D eigenvalue weighted by molar-refractivity contribution is -0.124. The van der Waals surface area contributed by atoms with Gasteiger partial charge in [0.05, 0.1) is 12.8 Å². The van der Waals surface area contributed by atoms with Crippen molar-refractivity contribution in [3.63, 3.8) is 0 Å². The molecule has 1 aromatic carbocycles. The van der Waals surface area contributed by atoms with Crippen LogP contribution in [0.15, 0.2) is 18.2 Å². The van der Waals surface area contributed by atoms with Gasteiger partial charge >= 0.3 is 0 Å². The van der Waals surface area contributed by atoms with E-state index in [0.29, 0.717) is 17.1 Å². The fraction of sp³-hybridized carbons (Fsp3) is 0.462. The number of hydrogen-bond donors (Lipinski definition) is 2. The predicted molar refractivity (Wildman–Crippen MR) is 70.1 cm³/mol. The molecule has 0 atom stereocenters. The molecule has 3 N–H and O–H groups in total. The quantitative estimate of drug-likeness (QED) is 0.790. The van der Waals surface area contributed by atoms with Crippen LogP contribution < -0.4 is 15.8 Å². The van der Waals surface area contributed by atoms with Crippen LogP contribution in [0.3, 0.4) is 0 Å². The molecule has 0 radical (unpaired) electrons. The Hall–Kier alpha value is -1.71. The van der Waals surface area contributed by atoms with Crippen molar-refractivity contribution in [2.75, 3.05) is 18.2 Å². The van der Waals surface area contributed by atoms with E-state index in [4.69, 9.17) is 10.5 Å². The third-order valence-corrected chi connectivity index (χ3v) is 2.97. The molecule has 0 heterocycles. The Morgan fingerprint density at radius 3 is 2.65 bits per heavy atom. The van der Waals surface area contributed by atoms with Gasteiger partial charge in [0, 0.05) is 11.1 Å². The second kappa shape index (κ2) is 5.08. The molecule has 0 aliphatic carbocycles. The highest BCUT2D eigenvalue weighted by Crippen LogP contribution is 2.29. The summed E-state index contributed by atoms with van der Waals surface area (Å²) in [5.74, 6) is 0.573. The van der Waals surface area contributed by atoms with E-state index in [1.54, 1.807) is 25.3 Å². The number of hydrogen-bond acceptors (Lipinski definition) is 3. The maximum atomic E-state index is 12.0. The molecule has 0 aliphatic heterocycles. The van der Waals surface area contributed by atoms with Crippen molar-refractivity contribution in [1.29, 1.82) is 0 Å². The van der Waals surface area contributed by atoms with Crippen LogP contribution in [0.5, 0.6) is 5.75 Å². The molecule has 0 spiro atoms. The van der Waals surface area contributed by atoms with Gasteiger partial charge in [-0.15, -0.1) is 0 Å². The van der Waals surface area contributed by atoms with Crippen molar-refractivity contribution in [3.05, 3.63) is 18.2 Å². The summed E-state index contributed by atoms with van der Waals surface area (Å²) in [6.07, 6.45) is 0.767. The number of nitrogens with one attached hydrogen (secondary N) is 1. The van der Waals surface area contributed by atoms with Crippen molar-refractivity contribution in [2.45, 2.75) is 27.2 Å². The zero-order valence-corrected chi connectivity index (χ0v) is 10.8. The van der Waals surface area contributed by atoms with Gasteiger partial charge in [-0.3, -0.25) is 4.79 Å². The second-order valence-electron chi connectivity index (χ2n) is 4.65. The van der Waals surface area contributed by atoms with Gasteiger partial charge < -0.3 is 15.8 Å². The number of amides is 1. The third kappa shape index (κ3) is 3.12. The van der Waals surface area contributed by atoms with Crippen LogP contribution in [0.2, 0.25) is 0 Å². The van der Waals surface area contributed by atoms with E-state index in [1.807, 2.05) is 20.8 Å². The molecule has 0 saturated carbocycles. The zero-order valence-electron chi connectivity index (χ0n) is 10.8. The number of ether oxygens (including phenoxy) is 1. The van der Waals surface area contributed by atoms with Crippen LogP contribution in [-0.4, -0.2) is 13.0 Å². The van der Waals surface area contributed by atoms with E-state index in [0.717, 1.165) is 6.42 Å². The molecule has 1 aromatic rings. The predicted octanol–water partition coefficient (Wildman–Crippen LogP) is 2.65. The van der Waals surface area contributed by atoms with Crippen molar-refractivity contribution < 1.29 is 9.53 Å². The Kier molecular flexibility index (Phi) is 3.99. The van der Waals surface area contributed by atoms with Crippen LogP contribution in [0, 0.1) is 5.41 Å². The Morgan fingerprint density at radius 2 is 2.12 bits per heavy atom. The first-order chi connectivity index (χ1) is 7.90. The van der Waals surface area contributed by atoms with Crippen LogP contribution in [0.25, 0.3) is 0 Å². The molecule has 0 aromatic heterocycles. The maximum Gasteiger partial charge on any atom is 0.230 e. The highest BCUT2D eigenvalue weighted by Gasteiger charge is 2.25. The molecular formula is C13H20N2O2. The molecule has 17 heavy (non-hydrogen) atoms. The van der Waals surface area contributed by atoms with E-state index >= 15 is 0 Å². The summed E-state index contributed by atoms with van der Waals surface area (Å²) in [5.41, 5.74) is 6.49. The maximum absolute atomic E-state index is 12.0. The van der Waals surface area contributed by atoms with Crippen LogP contribution >= 0.6 is 0 Å². The summed E-state index contributed by atoms with van der Waals surface area (Å²) in [5, 5.41) is 2.85. The number of carbonyl (C=O) groups is 1. The second-order valence-corrected chi connectivity index (χ2v) is 4.65. The van der Waals surface area contributed by atoms with E-state index < -0.39 is 5.41 Å². The minimum atomic E-state index is -0.407. The summed E-state index contributed by atoms with van der Waals surface area (Å²) in [6, 6.07) is 5.17. The van der Waals surface area contributed by atoms with Gasteiger partial charge in [-0.1, -0.05) is 20.8 Å². The fourth-order valence-electron chi connectivity index (χ4n) is 1.28. The average Bonchev–Trinajstić information content (AvgIpc) is 2.29. The molecule has 0 saturated heterocycles. The third-order valence-electron chi connectivity index (χ3n) is 2.97. The van der Waals surface area contributed by atoms with Gasteiger partial charge in [-0.05, 0) is 24.6 Å². The smallest absolute Gasteiger partial charge is 0.230 e.